The summed E-state index contributed by atoms with van der Waals surface area (Å²) in [6, 6.07) is 6.23. The zero-order chi connectivity index (χ0) is 15.7. The molecule has 5 heteroatoms. The van der Waals surface area contributed by atoms with Crippen molar-refractivity contribution in [2.45, 2.75) is 39.8 Å². The molecule has 0 fully saturated rings. The molecule has 21 heavy (non-hydrogen) atoms. The number of amides is 1. The molecule has 0 unspecified atom stereocenters. The maximum absolute atomic E-state index is 11.4. The van der Waals surface area contributed by atoms with Crippen molar-refractivity contribution in [2.24, 2.45) is 0 Å². The minimum absolute atomic E-state index is 0.00529. The maximum Gasteiger partial charge on any atom is 0.257 e. The molecule has 1 aromatic carbocycles. The molecule has 0 saturated heterocycles. The van der Waals surface area contributed by atoms with Gasteiger partial charge in [0, 0.05) is 19.1 Å². The van der Waals surface area contributed by atoms with Gasteiger partial charge in [-0.3, -0.25) is 4.79 Å². The van der Waals surface area contributed by atoms with E-state index in [4.69, 9.17) is 9.47 Å². The molecule has 0 aliphatic heterocycles. The molecular weight excluding hydrogens is 268 g/mol. The van der Waals surface area contributed by atoms with Crippen LogP contribution in [0.2, 0.25) is 0 Å². The molecule has 0 aliphatic carbocycles. The van der Waals surface area contributed by atoms with Crippen LogP contribution >= 0.6 is 0 Å². The monoisotopic (exact) mass is 294 g/mol. The zero-order valence-electron chi connectivity index (χ0n) is 13.4. The molecule has 1 aromatic rings. The van der Waals surface area contributed by atoms with E-state index in [0.717, 1.165) is 18.5 Å². The molecule has 0 heterocycles. The molecule has 0 bridgehead atoms. The standard InChI is InChI=1S/C16H26N2O3/c1-5-12(3)18-10-13-7-8-14(15(9-13)20-4)21-11-16(19)17-6-2/h7-9,12,18H,5-6,10-11H2,1-4H3,(H,17,19)/t12-/m0/s1. The van der Waals surface area contributed by atoms with Crippen LogP contribution < -0.4 is 20.1 Å². The minimum Gasteiger partial charge on any atom is -0.493 e. The lowest BCUT2D eigenvalue weighted by molar-refractivity contribution is -0.123. The summed E-state index contributed by atoms with van der Waals surface area (Å²) >= 11 is 0. The highest BCUT2D eigenvalue weighted by molar-refractivity contribution is 5.77. The first-order chi connectivity index (χ1) is 10.1. The van der Waals surface area contributed by atoms with Gasteiger partial charge in [0.15, 0.2) is 18.1 Å². The largest absolute Gasteiger partial charge is 0.493 e. The number of ether oxygens (including phenoxy) is 2. The molecule has 0 spiro atoms. The molecule has 0 aliphatic rings. The van der Waals surface area contributed by atoms with Crippen molar-refractivity contribution in [3.63, 3.8) is 0 Å². The molecule has 0 saturated carbocycles. The number of nitrogens with one attached hydrogen (secondary N) is 2. The summed E-state index contributed by atoms with van der Waals surface area (Å²) in [5, 5.41) is 6.11. The van der Waals surface area contributed by atoms with Crippen LogP contribution in [0.15, 0.2) is 18.2 Å². The molecule has 1 atom stereocenters. The van der Waals surface area contributed by atoms with E-state index in [0.29, 0.717) is 24.1 Å². The van der Waals surface area contributed by atoms with Crippen LogP contribution in [0.1, 0.15) is 32.8 Å². The lowest BCUT2D eigenvalue weighted by Crippen LogP contribution is -2.28. The van der Waals surface area contributed by atoms with E-state index in [1.165, 1.54) is 0 Å². The molecule has 2 N–H and O–H groups in total. The second kappa shape index (κ2) is 9.23. The van der Waals surface area contributed by atoms with Crippen LogP contribution in [-0.4, -0.2) is 32.2 Å². The van der Waals surface area contributed by atoms with Gasteiger partial charge in [0.1, 0.15) is 0 Å². The maximum atomic E-state index is 11.4. The van der Waals surface area contributed by atoms with Crippen LogP contribution in [-0.2, 0) is 11.3 Å². The number of methoxy groups -OCH3 is 1. The van der Waals surface area contributed by atoms with Crippen molar-refractivity contribution in [1.29, 1.82) is 0 Å². The van der Waals surface area contributed by atoms with Gasteiger partial charge < -0.3 is 20.1 Å². The van der Waals surface area contributed by atoms with E-state index in [9.17, 15) is 4.79 Å². The van der Waals surface area contributed by atoms with E-state index < -0.39 is 0 Å². The predicted molar refractivity (Wildman–Crippen MR) is 83.8 cm³/mol. The summed E-state index contributed by atoms with van der Waals surface area (Å²) in [4.78, 5) is 11.4. The first-order valence-electron chi connectivity index (χ1n) is 7.40. The Kier molecular flexibility index (Phi) is 7.61. The quantitative estimate of drug-likeness (QED) is 0.732. The summed E-state index contributed by atoms with van der Waals surface area (Å²) < 4.78 is 10.8. The Morgan fingerprint density at radius 3 is 2.67 bits per heavy atom. The Labute approximate surface area is 127 Å². The fourth-order valence-corrected chi connectivity index (χ4v) is 1.77. The fourth-order valence-electron chi connectivity index (χ4n) is 1.77. The Balaban J connectivity index is 2.63. The molecule has 0 aromatic heterocycles. The number of carbonyl (C=O) groups excluding carboxylic acids is 1. The number of hydrogen-bond acceptors (Lipinski definition) is 4. The number of carbonyl (C=O) groups is 1. The van der Waals surface area contributed by atoms with Crippen LogP contribution in [0.4, 0.5) is 0 Å². The van der Waals surface area contributed by atoms with Crippen LogP contribution in [0.3, 0.4) is 0 Å². The number of benzene rings is 1. The van der Waals surface area contributed by atoms with E-state index >= 15 is 0 Å². The van der Waals surface area contributed by atoms with Gasteiger partial charge in [-0.2, -0.15) is 0 Å². The van der Waals surface area contributed by atoms with Gasteiger partial charge in [-0.05, 0) is 38.0 Å². The van der Waals surface area contributed by atoms with Gasteiger partial charge in [0.25, 0.3) is 5.91 Å². The van der Waals surface area contributed by atoms with Crippen molar-refractivity contribution >= 4 is 5.91 Å². The van der Waals surface area contributed by atoms with Crippen LogP contribution in [0, 0.1) is 0 Å². The van der Waals surface area contributed by atoms with Gasteiger partial charge in [0.05, 0.1) is 7.11 Å². The van der Waals surface area contributed by atoms with Gasteiger partial charge in [-0.1, -0.05) is 13.0 Å². The second-order valence-corrected chi connectivity index (χ2v) is 4.92. The average Bonchev–Trinajstić information content (AvgIpc) is 2.51. The number of hydrogen-bond donors (Lipinski definition) is 2. The molecule has 5 nitrogen and oxygen atoms in total. The molecule has 1 rings (SSSR count). The summed E-state index contributed by atoms with van der Waals surface area (Å²) in [6.45, 7) is 7.55. The molecule has 118 valence electrons. The highest BCUT2D eigenvalue weighted by atomic mass is 16.5. The fraction of sp³-hybridized carbons (Fsp3) is 0.562. The van der Waals surface area contributed by atoms with Gasteiger partial charge in [-0.25, -0.2) is 0 Å². The van der Waals surface area contributed by atoms with Crippen molar-refractivity contribution in [3.05, 3.63) is 23.8 Å². The predicted octanol–water partition coefficient (Wildman–Crippen LogP) is 2.10. The van der Waals surface area contributed by atoms with Gasteiger partial charge >= 0.3 is 0 Å². The van der Waals surface area contributed by atoms with E-state index in [-0.39, 0.29) is 12.5 Å². The highest BCUT2D eigenvalue weighted by Gasteiger charge is 2.08. The first kappa shape index (κ1) is 17.3. The highest BCUT2D eigenvalue weighted by Crippen LogP contribution is 2.28. The first-order valence-corrected chi connectivity index (χ1v) is 7.40. The van der Waals surface area contributed by atoms with Crippen molar-refractivity contribution in [3.8, 4) is 11.5 Å². The number of rotatable bonds is 9. The number of likely N-dealkylation sites (N-methyl/N-ethyl adjacent to an activating group) is 1. The molecule has 0 radical (unpaired) electrons. The van der Waals surface area contributed by atoms with Gasteiger partial charge in [-0.15, -0.1) is 0 Å². The Bertz CT molecular complexity index is 449. The zero-order valence-corrected chi connectivity index (χ0v) is 13.4. The van der Waals surface area contributed by atoms with Crippen molar-refractivity contribution in [1.82, 2.24) is 10.6 Å². The molecule has 1 amide bonds. The third-order valence-corrected chi connectivity index (χ3v) is 3.23. The summed E-state index contributed by atoms with van der Waals surface area (Å²) in [7, 11) is 1.60. The van der Waals surface area contributed by atoms with E-state index in [1.54, 1.807) is 7.11 Å². The topological polar surface area (TPSA) is 59.6 Å². The average molecular weight is 294 g/mol. The summed E-state index contributed by atoms with van der Waals surface area (Å²) in [5.74, 6) is 1.08. The second-order valence-electron chi connectivity index (χ2n) is 4.92. The SMILES string of the molecule is CCNC(=O)COc1ccc(CN[C@@H](C)CC)cc1OC. The Hall–Kier alpha value is -1.75. The van der Waals surface area contributed by atoms with Crippen molar-refractivity contribution in [2.75, 3.05) is 20.3 Å². The molecular formula is C16H26N2O3. The normalized spacial score (nSPS) is 11.8. The smallest absolute Gasteiger partial charge is 0.257 e. The van der Waals surface area contributed by atoms with E-state index in [2.05, 4.69) is 24.5 Å². The lowest BCUT2D eigenvalue weighted by atomic mass is 10.1. The van der Waals surface area contributed by atoms with Crippen LogP contribution in [0.25, 0.3) is 0 Å². The minimum atomic E-state index is -0.137. The third kappa shape index (κ3) is 6.04. The Morgan fingerprint density at radius 1 is 1.29 bits per heavy atom. The third-order valence-electron chi connectivity index (χ3n) is 3.23. The summed E-state index contributed by atoms with van der Waals surface area (Å²) in [6.07, 6.45) is 1.09. The lowest BCUT2D eigenvalue weighted by Gasteiger charge is -2.14. The van der Waals surface area contributed by atoms with Crippen molar-refractivity contribution < 1.29 is 14.3 Å². The van der Waals surface area contributed by atoms with Crippen LogP contribution in [0.5, 0.6) is 11.5 Å². The van der Waals surface area contributed by atoms with Gasteiger partial charge in [0.2, 0.25) is 0 Å². The summed E-state index contributed by atoms with van der Waals surface area (Å²) in [5.41, 5.74) is 1.12. The Morgan fingerprint density at radius 2 is 2.05 bits per heavy atom. The van der Waals surface area contributed by atoms with E-state index in [1.807, 2.05) is 25.1 Å².